The van der Waals surface area contributed by atoms with Gasteiger partial charge >= 0.3 is 6.03 Å². The van der Waals surface area contributed by atoms with E-state index in [-0.39, 0.29) is 5.69 Å². The number of carbonyl (C=O) groups is 2. The number of halogens is 2. The number of rotatable bonds is 5. The summed E-state index contributed by atoms with van der Waals surface area (Å²) < 4.78 is 31.8. The molecule has 3 rings (SSSR count). The molecule has 0 saturated carbocycles. The van der Waals surface area contributed by atoms with Crippen molar-refractivity contribution in [1.82, 2.24) is 4.90 Å². The topological polar surface area (TPSA) is 84.7 Å². The molecule has 8 heteroatoms. The van der Waals surface area contributed by atoms with Crippen LogP contribution in [0.3, 0.4) is 0 Å². The van der Waals surface area contributed by atoms with Gasteiger partial charge in [-0.2, -0.15) is 0 Å². The van der Waals surface area contributed by atoms with E-state index in [1.54, 1.807) is 24.0 Å². The summed E-state index contributed by atoms with van der Waals surface area (Å²) in [6.45, 7) is 2.61. The Hall–Kier alpha value is -3.42. The van der Waals surface area contributed by atoms with E-state index in [1.165, 1.54) is 6.07 Å². The number of nitrogens with zero attached hydrogens (tertiary/aromatic N) is 1. The molecule has 1 unspecified atom stereocenters. The number of nitrogens with one attached hydrogen (secondary N) is 1. The van der Waals surface area contributed by atoms with Gasteiger partial charge in [-0.25, -0.2) is 13.6 Å². The van der Waals surface area contributed by atoms with Crippen molar-refractivity contribution >= 4 is 23.2 Å². The highest BCUT2D eigenvalue weighted by atomic mass is 19.2. The van der Waals surface area contributed by atoms with Crippen molar-refractivity contribution in [2.24, 2.45) is 5.73 Å². The zero-order valence-corrected chi connectivity index (χ0v) is 15.8. The average molecular weight is 401 g/mol. The maximum atomic E-state index is 13.2. The molecule has 0 spiro atoms. The van der Waals surface area contributed by atoms with Crippen LogP contribution in [0.2, 0.25) is 0 Å². The minimum absolute atomic E-state index is 0.147. The number of ether oxygens (including phenoxy) is 1. The van der Waals surface area contributed by atoms with Crippen LogP contribution in [0, 0.1) is 11.6 Å². The Kier molecular flexibility index (Phi) is 6.11. The average Bonchev–Trinajstić information content (AvgIpc) is 2.71. The number of nitrogens with two attached hydrogens (primary N) is 1. The second-order valence-corrected chi connectivity index (χ2v) is 6.67. The van der Waals surface area contributed by atoms with Gasteiger partial charge in [-0.1, -0.05) is 18.2 Å². The molecule has 1 heterocycles. The molecular formula is C21H21F2N3O3. The van der Waals surface area contributed by atoms with Gasteiger partial charge in [0.15, 0.2) is 17.7 Å². The monoisotopic (exact) mass is 401 g/mol. The predicted molar refractivity (Wildman–Crippen MR) is 105 cm³/mol. The molecule has 0 fully saturated rings. The molecule has 1 aliphatic rings. The Balaban J connectivity index is 1.58. The van der Waals surface area contributed by atoms with Crippen molar-refractivity contribution in [2.75, 3.05) is 18.4 Å². The molecule has 1 aliphatic heterocycles. The number of carbonyl (C=O) groups excluding carboxylic acids is 2. The van der Waals surface area contributed by atoms with Gasteiger partial charge < -0.3 is 20.7 Å². The molecule has 3 amide bonds. The van der Waals surface area contributed by atoms with Gasteiger partial charge in [0.25, 0.3) is 5.91 Å². The summed E-state index contributed by atoms with van der Waals surface area (Å²) in [6.07, 6.45) is 1.82. The number of hydrogen-bond acceptors (Lipinski definition) is 3. The van der Waals surface area contributed by atoms with Crippen LogP contribution >= 0.6 is 0 Å². The van der Waals surface area contributed by atoms with Crippen molar-refractivity contribution in [3.8, 4) is 5.75 Å². The van der Waals surface area contributed by atoms with Gasteiger partial charge in [0.1, 0.15) is 5.75 Å². The van der Waals surface area contributed by atoms with E-state index >= 15 is 0 Å². The zero-order valence-electron chi connectivity index (χ0n) is 15.8. The first-order chi connectivity index (χ1) is 13.8. The molecule has 2 aromatic rings. The molecule has 0 aromatic heterocycles. The first-order valence-corrected chi connectivity index (χ1v) is 9.10. The van der Waals surface area contributed by atoms with Gasteiger partial charge in [-0.3, -0.25) is 4.79 Å². The van der Waals surface area contributed by atoms with Crippen molar-refractivity contribution in [3.63, 3.8) is 0 Å². The highest BCUT2D eigenvalue weighted by Gasteiger charge is 2.17. The van der Waals surface area contributed by atoms with Crippen LogP contribution in [0.1, 0.15) is 18.9 Å². The van der Waals surface area contributed by atoms with Gasteiger partial charge in [0.2, 0.25) is 0 Å². The molecule has 152 valence electrons. The number of amides is 3. The second-order valence-electron chi connectivity index (χ2n) is 6.67. The summed E-state index contributed by atoms with van der Waals surface area (Å²) in [7, 11) is 0. The SMILES string of the molecule is CC(Oc1ccc(C2=CCN(C(N)=O)CC2)cc1)C(=O)Nc1ccc(F)c(F)c1. The summed E-state index contributed by atoms with van der Waals surface area (Å²) in [4.78, 5) is 25.0. The van der Waals surface area contributed by atoms with E-state index in [0.717, 1.165) is 23.3 Å². The molecule has 0 bridgehead atoms. The quantitative estimate of drug-likeness (QED) is 0.804. The van der Waals surface area contributed by atoms with Gasteiger partial charge in [0.05, 0.1) is 0 Å². The summed E-state index contributed by atoms with van der Waals surface area (Å²) in [5.74, 6) is -2.01. The Morgan fingerprint density at radius 1 is 1.14 bits per heavy atom. The lowest BCUT2D eigenvalue weighted by Crippen LogP contribution is -2.38. The van der Waals surface area contributed by atoms with Crippen LogP contribution in [0.5, 0.6) is 5.75 Å². The Labute approximate surface area is 166 Å². The Morgan fingerprint density at radius 3 is 2.45 bits per heavy atom. The van der Waals surface area contributed by atoms with E-state index in [1.807, 2.05) is 18.2 Å². The number of benzene rings is 2. The van der Waals surface area contributed by atoms with Crippen LogP contribution in [0.4, 0.5) is 19.3 Å². The number of primary amides is 1. The lowest BCUT2D eigenvalue weighted by atomic mass is 9.99. The largest absolute Gasteiger partial charge is 0.481 e. The third kappa shape index (κ3) is 5.10. The molecule has 3 N–H and O–H groups in total. The maximum absolute atomic E-state index is 13.2. The first kappa shape index (κ1) is 20.3. The van der Waals surface area contributed by atoms with Crippen LogP contribution in [0.25, 0.3) is 5.57 Å². The second kappa shape index (κ2) is 8.72. The third-order valence-electron chi connectivity index (χ3n) is 4.62. The smallest absolute Gasteiger partial charge is 0.315 e. The predicted octanol–water partition coefficient (Wildman–Crippen LogP) is 3.54. The summed E-state index contributed by atoms with van der Waals surface area (Å²) in [6, 6.07) is 9.94. The van der Waals surface area contributed by atoms with Crippen molar-refractivity contribution in [3.05, 3.63) is 65.7 Å². The summed E-state index contributed by atoms with van der Waals surface area (Å²) in [5, 5.41) is 2.48. The fraction of sp³-hybridized carbons (Fsp3) is 0.238. The van der Waals surface area contributed by atoms with Crippen molar-refractivity contribution < 1.29 is 23.1 Å². The molecule has 6 nitrogen and oxygen atoms in total. The number of urea groups is 1. The van der Waals surface area contributed by atoms with Crippen LogP contribution < -0.4 is 15.8 Å². The molecule has 29 heavy (non-hydrogen) atoms. The Bertz CT molecular complexity index is 945. The zero-order chi connectivity index (χ0) is 21.0. The van der Waals surface area contributed by atoms with Crippen molar-refractivity contribution in [2.45, 2.75) is 19.4 Å². The lowest BCUT2D eigenvalue weighted by Gasteiger charge is -2.24. The highest BCUT2D eigenvalue weighted by Crippen LogP contribution is 2.25. The summed E-state index contributed by atoms with van der Waals surface area (Å²) in [5.41, 5.74) is 7.53. The Morgan fingerprint density at radius 2 is 1.86 bits per heavy atom. The normalized spacial score (nSPS) is 14.7. The standard InChI is InChI=1S/C21H21F2N3O3/c1-13(20(27)25-16-4-7-18(22)19(23)12-16)29-17-5-2-14(3-6-17)15-8-10-26(11-9-15)21(24)28/h2-8,12-13H,9-11H2,1H3,(H2,24,28)(H,25,27). The van der Waals surface area contributed by atoms with E-state index in [2.05, 4.69) is 5.32 Å². The molecular weight excluding hydrogens is 380 g/mol. The van der Waals surface area contributed by atoms with Crippen LogP contribution in [0.15, 0.2) is 48.5 Å². The van der Waals surface area contributed by atoms with Gasteiger partial charge in [-0.15, -0.1) is 0 Å². The van der Waals surface area contributed by atoms with Crippen LogP contribution in [-0.2, 0) is 4.79 Å². The number of hydrogen-bond donors (Lipinski definition) is 2. The minimum atomic E-state index is -1.04. The van der Waals surface area contributed by atoms with E-state index in [4.69, 9.17) is 10.5 Å². The van der Waals surface area contributed by atoms with Gasteiger partial charge in [0, 0.05) is 24.8 Å². The minimum Gasteiger partial charge on any atom is -0.481 e. The van der Waals surface area contributed by atoms with Crippen LogP contribution in [-0.4, -0.2) is 36.0 Å². The van der Waals surface area contributed by atoms with E-state index in [9.17, 15) is 18.4 Å². The molecule has 1 atom stereocenters. The highest BCUT2D eigenvalue weighted by molar-refractivity contribution is 5.94. The molecule has 0 radical (unpaired) electrons. The third-order valence-corrected chi connectivity index (χ3v) is 4.62. The maximum Gasteiger partial charge on any atom is 0.315 e. The molecule has 2 aromatic carbocycles. The fourth-order valence-corrected chi connectivity index (χ4v) is 2.95. The molecule has 0 aliphatic carbocycles. The van der Waals surface area contributed by atoms with Gasteiger partial charge in [-0.05, 0) is 48.7 Å². The van der Waals surface area contributed by atoms with Crippen molar-refractivity contribution in [1.29, 1.82) is 0 Å². The number of anilines is 1. The van der Waals surface area contributed by atoms with E-state index in [0.29, 0.717) is 25.3 Å². The molecule has 0 saturated heterocycles. The van der Waals surface area contributed by atoms with E-state index < -0.39 is 29.7 Å². The summed E-state index contributed by atoms with van der Waals surface area (Å²) >= 11 is 0. The first-order valence-electron chi connectivity index (χ1n) is 9.10. The lowest BCUT2D eigenvalue weighted by molar-refractivity contribution is -0.122. The fourth-order valence-electron chi connectivity index (χ4n) is 2.95.